The molecule has 1 saturated heterocycles. The van der Waals surface area contributed by atoms with Crippen LogP contribution in [0.4, 0.5) is 0 Å². The van der Waals surface area contributed by atoms with E-state index in [0.29, 0.717) is 25.2 Å². The summed E-state index contributed by atoms with van der Waals surface area (Å²) in [5.74, 6) is 0.317. The maximum Gasteiger partial charge on any atom is 0.0717 e. The highest BCUT2D eigenvalue weighted by Gasteiger charge is 2.22. The third kappa shape index (κ3) is 5.48. The minimum atomic E-state index is 0.317. The highest BCUT2D eigenvalue weighted by molar-refractivity contribution is 5.59. The molecule has 1 fully saturated rings. The van der Waals surface area contributed by atoms with Gasteiger partial charge < -0.3 is 9.47 Å². The fourth-order valence-corrected chi connectivity index (χ4v) is 2.51. The standard InChI is InChI=1S/C17H26N2O2/c1-15(12-21-13-16-7-4-3-5-8-16)11-18-19-10-6-9-17(19)14-20-2/h3-5,7-8,11,15,17H,6,9-10,12-14H2,1-2H3/b18-11+/t15-,17+/m1/s1. The molecule has 2 rings (SSSR count). The van der Waals surface area contributed by atoms with Crippen LogP contribution in [-0.2, 0) is 16.1 Å². The summed E-state index contributed by atoms with van der Waals surface area (Å²) in [5.41, 5.74) is 1.21. The van der Waals surface area contributed by atoms with Crippen molar-refractivity contribution in [1.29, 1.82) is 0 Å². The first kappa shape index (κ1) is 16.0. The lowest BCUT2D eigenvalue weighted by Crippen LogP contribution is -2.29. The minimum Gasteiger partial charge on any atom is -0.382 e. The van der Waals surface area contributed by atoms with Gasteiger partial charge in [-0.2, -0.15) is 5.10 Å². The highest BCUT2D eigenvalue weighted by atomic mass is 16.5. The molecule has 1 aromatic rings. The second-order valence-electron chi connectivity index (χ2n) is 5.66. The molecule has 1 aliphatic heterocycles. The molecule has 1 heterocycles. The predicted molar refractivity (Wildman–Crippen MR) is 85.4 cm³/mol. The zero-order valence-electron chi connectivity index (χ0n) is 13.1. The van der Waals surface area contributed by atoms with Crippen molar-refractivity contribution < 1.29 is 9.47 Å². The van der Waals surface area contributed by atoms with E-state index in [4.69, 9.17) is 9.47 Å². The maximum absolute atomic E-state index is 5.74. The fraction of sp³-hybridized carbons (Fsp3) is 0.588. The normalized spacial score (nSPS) is 20.3. The molecule has 0 saturated carbocycles. The topological polar surface area (TPSA) is 34.1 Å². The molecule has 21 heavy (non-hydrogen) atoms. The number of benzene rings is 1. The summed E-state index contributed by atoms with van der Waals surface area (Å²) in [6, 6.07) is 10.7. The molecule has 0 amide bonds. The van der Waals surface area contributed by atoms with Crippen LogP contribution in [0.15, 0.2) is 35.4 Å². The first-order valence-corrected chi connectivity index (χ1v) is 7.71. The van der Waals surface area contributed by atoms with Gasteiger partial charge in [-0.15, -0.1) is 0 Å². The summed E-state index contributed by atoms with van der Waals surface area (Å²) in [5, 5.41) is 6.75. The SMILES string of the molecule is COC[C@@H]1CCCN1/N=C/[C@@H](C)COCc1ccccc1. The number of ether oxygens (including phenoxy) is 2. The van der Waals surface area contributed by atoms with Crippen molar-refractivity contribution in [1.82, 2.24) is 5.01 Å². The van der Waals surface area contributed by atoms with Gasteiger partial charge in [-0.3, -0.25) is 5.01 Å². The molecule has 0 N–H and O–H groups in total. The van der Waals surface area contributed by atoms with Crippen molar-refractivity contribution in [3.8, 4) is 0 Å². The number of hydrogen-bond acceptors (Lipinski definition) is 4. The largest absolute Gasteiger partial charge is 0.382 e. The van der Waals surface area contributed by atoms with Gasteiger partial charge in [-0.05, 0) is 18.4 Å². The Kier molecular flexibility index (Phi) is 6.70. The van der Waals surface area contributed by atoms with E-state index < -0.39 is 0 Å². The van der Waals surface area contributed by atoms with E-state index >= 15 is 0 Å². The van der Waals surface area contributed by atoms with E-state index in [1.165, 1.54) is 18.4 Å². The van der Waals surface area contributed by atoms with E-state index in [0.717, 1.165) is 13.2 Å². The van der Waals surface area contributed by atoms with E-state index in [9.17, 15) is 0 Å². The van der Waals surface area contributed by atoms with Crippen LogP contribution in [0.1, 0.15) is 25.3 Å². The average molecular weight is 290 g/mol. The molecule has 0 spiro atoms. The zero-order valence-corrected chi connectivity index (χ0v) is 13.1. The van der Waals surface area contributed by atoms with Crippen LogP contribution >= 0.6 is 0 Å². The Morgan fingerprint density at radius 1 is 1.38 bits per heavy atom. The predicted octanol–water partition coefficient (Wildman–Crippen LogP) is 2.94. The lowest BCUT2D eigenvalue weighted by Gasteiger charge is -2.21. The average Bonchev–Trinajstić information content (AvgIpc) is 2.94. The first-order valence-electron chi connectivity index (χ1n) is 7.71. The van der Waals surface area contributed by atoms with Gasteiger partial charge in [0, 0.05) is 25.8 Å². The number of nitrogens with zero attached hydrogens (tertiary/aromatic N) is 2. The van der Waals surface area contributed by atoms with Crippen LogP contribution in [0, 0.1) is 5.92 Å². The monoisotopic (exact) mass is 290 g/mol. The Morgan fingerprint density at radius 3 is 2.95 bits per heavy atom. The van der Waals surface area contributed by atoms with Gasteiger partial charge in [0.25, 0.3) is 0 Å². The van der Waals surface area contributed by atoms with Crippen molar-refractivity contribution >= 4 is 6.21 Å². The van der Waals surface area contributed by atoms with Gasteiger partial charge in [-0.25, -0.2) is 0 Å². The smallest absolute Gasteiger partial charge is 0.0717 e. The third-order valence-electron chi connectivity index (χ3n) is 3.67. The highest BCUT2D eigenvalue weighted by Crippen LogP contribution is 2.17. The molecule has 0 unspecified atom stereocenters. The molecule has 0 aliphatic carbocycles. The van der Waals surface area contributed by atoms with Gasteiger partial charge in [0.15, 0.2) is 0 Å². The lowest BCUT2D eigenvalue weighted by molar-refractivity contribution is 0.106. The summed E-state index contributed by atoms with van der Waals surface area (Å²) in [6.45, 7) is 5.28. The summed E-state index contributed by atoms with van der Waals surface area (Å²) in [7, 11) is 1.75. The Morgan fingerprint density at radius 2 is 2.19 bits per heavy atom. The lowest BCUT2D eigenvalue weighted by atomic mass is 10.2. The Bertz CT molecular complexity index is 422. The number of rotatable bonds is 8. The van der Waals surface area contributed by atoms with Crippen molar-refractivity contribution in [2.24, 2.45) is 11.0 Å². The molecular formula is C17H26N2O2. The number of hydrogen-bond donors (Lipinski definition) is 0. The van der Waals surface area contributed by atoms with Crippen LogP contribution in [-0.4, -0.2) is 44.1 Å². The molecule has 0 radical (unpaired) electrons. The van der Waals surface area contributed by atoms with E-state index in [1.807, 2.05) is 24.4 Å². The first-order chi connectivity index (χ1) is 10.3. The molecule has 1 aliphatic rings. The van der Waals surface area contributed by atoms with Crippen LogP contribution in [0.3, 0.4) is 0 Å². The quantitative estimate of drug-likeness (QED) is 0.690. The molecular weight excluding hydrogens is 264 g/mol. The summed E-state index contributed by atoms with van der Waals surface area (Å²) in [4.78, 5) is 0. The Balaban J connectivity index is 1.69. The van der Waals surface area contributed by atoms with Gasteiger partial charge in [0.2, 0.25) is 0 Å². The molecule has 2 atom stereocenters. The summed E-state index contributed by atoms with van der Waals surface area (Å²) < 4.78 is 11.0. The summed E-state index contributed by atoms with van der Waals surface area (Å²) >= 11 is 0. The minimum absolute atomic E-state index is 0.317. The van der Waals surface area contributed by atoms with Crippen LogP contribution < -0.4 is 0 Å². The van der Waals surface area contributed by atoms with Crippen molar-refractivity contribution in [3.63, 3.8) is 0 Å². The molecule has 4 heteroatoms. The van der Waals surface area contributed by atoms with Crippen molar-refractivity contribution in [3.05, 3.63) is 35.9 Å². The van der Waals surface area contributed by atoms with Crippen LogP contribution in [0.2, 0.25) is 0 Å². The molecule has 116 valence electrons. The van der Waals surface area contributed by atoms with Gasteiger partial charge in [-0.1, -0.05) is 37.3 Å². The fourth-order valence-electron chi connectivity index (χ4n) is 2.51. The van der Waals surface area contributed by atoms with Crippen LogP contribution in [0.25, 0.3) is 0 Å². The molecule has 0 aromatic heterocycles. The van der Waals surface area contributed by atoms with Gasteiger partial charge in [0.05, 0.1) is 25.9 Å². The van der Waals surface area contributed by atoms with E-state index in [-0.39, 0.29) is 0 Å². The molecule has 1 aromatic carbocycles. The zero-order chi connectivity index (χ0) is 14.9. The maximum atomic E-state index is 5.74. The summed E-state index contributed by atoms with van der Waals surface area (Å²) in [6.07, 6.45) is 4.37. The molecule has 0 bridgehead atoms. The van der Waals surface area contributed by atoms with Crippen molar-refractivity contribution in [2.75, 3.05) is 26.9 Å². The number of hydrazone groups is 1. The van der Waals surface area contributed by atoms with E-state index in [2.05, 4.69) is 29.2 Å². The van der Waals surface area contributed by atoms with E-state index in [1.54, 1.807) is 7.11 Å². The van der Waals surface area contributed by atoms with Gasteiger partial charge in [0.1, 0.15) is 0 Å². The van der Waals surface area contributed by atoms with Crippen molar-refractivity contribution in [2.45, 2.75) is 32.4 Å². The van der Waals surface area contributed by atoms with Crippen LogP contribution in [0.5, 0.6) is 0 Å². The third-order valence-corrected chi connectivity index (χ3v) is 3.67. The number of methoxy groups -OCH3 is 1. The second kappa shape index (κ2) is 8.80. The Hall–Kier alpha value is -1.39. The second-order valence-corrected chi connectivity index (χ2v) is 5.66. The molecule has 4 nitrogen and oxygen atoms in total. The van der Waals surface area contributed by atoms with Gasteiger partial charge >= 0.3 is 0 Å². The Labute approximate surface area is 127 Å².